The van der Waals surface area contributed by atoms with Gasteiger partial charge in [0.15, 0.2) is 5.69 Å². The number of aliphatic carboxylic acids is 1. The quantitative estimate of drug-likeness (QED) is 0.940. The zero-order chi connectivity index (χ0) is 16.4. The smallest absolute Gasteiger partial charge is 0.326 e. The van der Waals surface area contributed by atoms with E-state index in [2.05, 4.69) is 5.10 Å². The van der Waals surface area contributed by atoms with Gasteiger partial charge in [0.1, 0.15) is 11.9 Å². The molecule has 0 radical (unpaired) electrons. The van der Waals surface area contributed by atoms with Gasteiger partial charge in [-0.3, -0.25) is 4.79 Å². The van der Waals surface area contributed by atoms with E-state index in [1.807, 2.05) is 0 Å². The van der Waals surface area contributed by atoms with Crippen molar-refractivity contribution in [2.75, 3.05) is 6.54 Å². The predicted molar refractivity (Wildman–Crippen MR) is 79.8 cm³/mol. The van der Waals surface area contributed by atoms with Crippen LogP contribution in [0.5, 0.6) is 0 Å². The number of carboxylic acid groups (broad SMARTS) is 1. The number of aromatic nitrogens is 2. The van der Waals surface area contributed by atoms with Gasteiger partial charge < -0.3 is 10.0 Å². The normalized spacial score (nSPS) is 18.0. The number of likely N-dealkylation sites (tertiary alicyclic amines) is 1. The summed E-state index contributed by atoms with van der Waals surface area (Å²) in [6.07, 6.45) is 3.64. The van der Waals surface area contributed by atoms with Crippen LogP contribution in [0.3, 0.4) is 0 Å². The van der Waals surface area contributed by atoms with Crippen LogP contribution in [0, 0.1) is 5.82 Å². The van der Waals surface area contributed by atoms with E-state index < -0.39 is 17.9 Å². The van der Waals surface area contributed by atoms with E-state index in [1.165, 1.54) is 21.7 Å². The molecule has 1 aromatic heterocycles. The number of benzene rings is 1. The average molecular weight is 317 g/mol. The molecule has 0 bridgehead atoms. The lowest BCUT2D eigenvalue weighted by molar-refractivity contribution is -0.143. The van der Waals surface area contributed by atoms with Crippen LogP contribution in [0.25, 0.3) is 5.69 Å². The molecule has 1 aliphatic rings. The molecule has 120 valence electrons. The molecule has 1 aromatic carbocycles. The maximum absolute atomic E-state index is 13.0. The Morgan fingerprint density at radius 1 is 1.17 bits per heavy atom. The summed E-state index contributed by atoms with van der Waals surface area (Å²) >= 11 is 0. The Balaban J connectivity index is 1.83. The lowest BCUT2D eigenvalue weighted by Gasteiger charge is -2.32. The van der Waals surface area contributed by atoms with Gasteiger partial charge >= 0.3 is 5.97 Å². The van der Waals surface area contributed by atoms with E-state index in [1.54, 1.807) is 24.4 Å². The molecule has 0 aliphatic carbocycles. The number of carbonyl (C=O) groups is 2. The summed E-state index contributed by atoms with van der Waals surface area (Å²) in [6.45, 7) is 0.416. The number of hydrogen-bond donors (Lipinski definition) is 1. The number of nitrogens with zero attached hydrogens (tertiary/aromatic N) is 3. The van der Waals surface area contributed by atoms with E-state index in [0.717, 1.165) is 12.8 Å². The first kappa shape index (κ1) is 15.2. The number of carboxylic acids is 1. The summed E-state index contributed by atoms with van der Waals surface area (Å²) in [5, 5.41) is 13.4. The fourth-order valence-electron chi connectivity index (χ4n) is 2.75. The summed E-state index contributed by atoms with van der Waals surface area (Å²) in [5.41, 5.74) is 0.807. The first-order chi connectivity index (χ1) is 11.1. The van der Waals surface area contributed by atoms with Crippen molar-refractivity contribution in [3.05, 3.63) is 48.0 Å². The lowest BCUT2D eigenvalue weighted by atomic mass is 10.0. The molecular weight excluding hydrogens is 301 g/mol. The number of piperidine rings is 1. The Kier molecular flexibility index (Phi) is 4.10. The standard InChI is InChI=1S/C16H16FN3O3/c17-11-4-6-12(7-5-11)20-10-8-13(18-20)15(21)19-9-2-1-3-14(19)16(22)23/h4-8,10,14H,1-3,9H2,(H,22,23)/t14-/m1/s1. The van der Waals surface area contributed by atoms with Crippen molar-refractivity contribution in [2.24, 2.45) is 0 Å². The predicted octanol–water partition coefficient (Wildman–Crippen LogP) is 2.09. The zero-order valence-electron chi connectivity index (χ0n) is 12.4. The van der Waals surface area contributed by atoms with Gasteiger partial charge in [-0.15, -0.1) is 0 Å². The molecule has 0 unspecified atom stereocenters. The third-order valence-corrected chi connectivity index (χ3v) is 3.95. The van der Waals surface area contributed by atoms with Gasteiger partial charge in [-0.05, 0) is 49.6 Å². The van der Waals surface area contributed by atoms with E-state index in [4.69, 9.17) is 0 Å². The van der Waals surface area contributed by atoms with Gasteiger partial charge in [0, 0.05) is 12.7 Å². The molecule has 1 aliphatic heterocycles. The van der Waals surface area contributed by atoms with Crippen LogP contribution in [0.4, 0.5) is 4.39 Å². The zero-order valence-corrected chi connectivity index (χ0v) is 12.4. The van der Waals surface area contributed by atoms with E-state index in [0.29, 0.717) is 18.7 Å². The number of hydrogen-bond acceptors (Lipinski definition) is 3. The summed E-state index contributed by atoms with van der Waals surface area (Å²) < 4.78 is 14.4. The second-order valence-electron chi connectivity index (χ2n) is 5.47. The average Bonchev–Trinajstić information content (AvgIpc) is 3.04. The highest BCUT2D eigenvalue weighted by atomic mass is 19.1. The topological polar surface area (TPSA) is 75.4 Å². The second-order valence-corrected chi connectivity index (χ2v) is 5.47. The fourth-order valence-corrected chi connectivity index (χ4v) is 2.75. The molecule has 2 aromatic rings. The van der Waals surface area contributed by atoms with E-state index in [9.17, 15) is 19.1 Å². The van der Waals surface area contributed by atoms with Crippen LogP contribution in [0.1, 0.15) is 29.8 Å². The molecular formula is C16H16FN3O3. The molecule has 1 fully saturated rings. The SMILES string of the molecule is O=C(O)[C@H]1CCCCN1C(=O)c1ccn(-c2ccc(F)cc2)n1. The molecule has 1 saturated heterocycles. The number of carbonyl (C=O) groups excluding carboxylic acids is 1. The minimum Gasteiger partial charge on any atom is -0.480 e. The van der Waals surface area contributed by atoms with Gasteiger partial charge in [0.25, 0.3) is 5.91 Å². The Hall–Kier alpha value is -2.70. The van der Waals surface area contributed by atoms with E-state index in [-0.39, 0.29) is 11.5 Å². The van der Waals surface area contributed by atoms with Gasteiger partial charge in [-0.1, -0.05) is 0 Å². The van der Waals surface area contributed by atoms with Crippen molar-refractivity contribution >= 4 is 11.9 Å². The van der Waals surface area contributed by atoms with Gasteiger partial charge in [-0.2, -0.15) is 5.10 Å². The summed E-state index contributed by atoms with van der Waals surface area (Å²) in [4.78, 5) is 25.2. The monoisotopic (exact) mass is 317 g/mol. The molecule has 1 atom stereocenters. The Morgan fingerprint density at radius 3 is 2.61 bits per heavy atom. The first-order valence-electron chi connectivity index (χ1n) is 7.41. The molecule has 23 heavy (non-hydrogen) atoms. The fraction of sp³-hybridized carbons (Fsp3) is 0.312. The highest BCUT2D eigenvalue weighted by Crippen LogP contribution is 2.20. The lowest BCUT2D eigenvalue weighted by Crippen LogP contribution is -2.48. The maximum Gasteiger partial charge on any atom is 0.326 e. The molecule has 1 N–H and O–H groups in total. The number of rotatable bonds is 3. The molecule has 1 amide bonds. The highest BCUT2D eigenvalue weighted by molar-refractivity contribution is 5.95. The largest absolute Gasteiger partial charge is 0.480 e. The van der Waals surface area contributed by atoms with Crippen LogP contribution < -0.4 is 0 Å². The van der Waals surface area contributed by atoms with Gasteiger partial charge in [-0.25, -0.2) is 13.9 Å². The molecule has 0 saturated carbocycles. The second kappa shape index (κ2) is 6.20. The number of halogens is 1. The minimum absolute atomic E-state index is 0.183. The van der Waals surface area contributed by atoms with Crippen molar-refractivity contribution in [1.82, 2.24) is 14.7 Å². The van der Waals surface area contributed by atoms with Gasteiger partial charge in [0.05, 0.1) is 5.69 Å². The minimum atomic E-state index is -0.990. The first-order valence-corrected chi connectivity index (χ1v) is 7.41. The maximum atomic E-state index is 13.0. The van der Waals surface area contributed by atoms with Crippen molar-refractivity contribution < 1.29 is 19.1 Å². The molecule has 3 rings (SSSR count). The van der Waals surface area contributed by atoms with Crippen LogP contribution in [0.2, 0.25) is 0 Å². The van der Waals surface area contributed by atoms with Crippen molar-refractivity contribution in [3.8, 4) is 5.69 Å². The van der Waals surface area contributed by atoms with Crippen LogP contribution in [-0.4, -0.2) is 44.3 Å². The van der Waals surface area contributed by atoms with Crippen LogP contribution >= 0.6 is 0 Å². The summed E-state index contributed by atoms with van der Waals surface area (Å²) in [7, 11) is 0. The number of amides is 1. The van der Waals surface area contributed by atoms with Crippen molar-refractivity contribution in [1.29, 1.82) is 0 Å². The molecule has 7 heteroatoms. The van der Waals surface area contributed by atoms with E-state index >= 15 is 0 Å². The Labute approximate surface area is 132 Å². The van der Waals surface area contributed by atoms with Gasteiger partial charge in [0.2, 0.25) is 0 Å². The molecule has 0 spiro atoms. The molecule has 2 heterocycles. The third-order valence-electron chi connectivity index (χ3n) is 3.95. The Morgan fingerprint density at radius 2 is 1.91 bits per heavy atom. The highest BCUT2D eigenvalue weighted by Gasteiger charge is 2.33. The third kappa shape index (κ3) is 3.08. The van der Waals surface area contributed by atoms with Crippen LogP contribution in [0.15, 0.2) is 36.5 Å². The molecule has 6 nitrogen and oxygen atoms in total. The van der Waals surface area contributed by atoms with Crippen molar-refractivity contribution in [2.45, 2.75) is 25.3 Å². The summed E-state index contributed by atoms with van der Waals surface area (Å²) in [5.74, 6) is -1.73. The van der Waals surface area contributed by atoms with Crippen LogP contribution in [-0.2, 0) is 4.79 Å². The summed E-state index contributed by atoms with van der Waals surface area (Å²) in [6, 6.07) is 6.47. The van der Waals surface area contributed by atoms with Crippen molar-refractivity contribution in [3.63, 3.8) is 0 Å². The Bertz CT molecular complexity index is 726.